The van der Waals surface area contributed by atoms with Gasteiger partial charge >= 0.3 is 0 Å². The molecule has 3 aromatic rings. The lowest BCUT2D eigenvalue weighted by atomic mass is 10.1. The summed E-state index contributed by atoms with van der Waals surface area (Å²) in [7, 11) is 2.01. The molecule has 2 amide bonds. The summed E-state index contributed by atoms with van der Waals surface area (Å²) in [4.78, 5) is 28.8. The molecule has 1 saturated heterocycles. The molecule has 2 aromatic carbocycles. The SMILES string of the molecule is CN(CCNC(=O)c1ccc(C2SCC(=O)N2Cc2ccco2)cc1)c1ccccc1. The number of nitrogens with one attached hydrogen (secondary N) is 1. The van der Waals surface area contributed by atoms with Gasteiger partial charge in [0.15, 0.2) is 0 Å². The van der Waals surface area contributed by atoms with Gasteiger partial charge < -0.3 is 19.5 Å². The van der Waals surface area contributed by atoms with Gasteiger partial charge in [0.1, 0.15) is 11.1 Å². The smallest absolute Gasteiger partial charge is 0.251 e. The number of nitrogens with zero attached hydrogens (tertiary/aromatic N) is 2. The van der Waals surface area contributed by atoms with E-state index in [-0.39, 0.29) is 17.2 Å². The van der Waals surface area contributed by atoms with Crippen LogP contribution in [0, 0.1) is 0 Å². The molecular weight excluding hydrogens is 410 g/mol. The minimum absolute atomic E-state index is 0.0748. The molecule has 1 N–H and O–H groups in total. The van der Waals surface area contributed by atoms with Crippen molar-refractivity contribution in [1.29, 1.82) is 0 Å². The van der Waals surface area contributed by atoms with E-state index in [9.17, 15) is 9.59 Å². The summed E-state index contributed by atoms with van der Waals surface area (Å²) in [6.45, 7) is 1.72. The Labute approximate surface area is 186 Å². The molecule has 4 rings (SSSR count). The van der Waals surface area contributed by atoms with Crippen LogP contribution in [0.4, 0.5) is 5.69 Å². The average molecular weight is 436 g/mol. The Bertz CT molecular complexity index is 1010. The van der Waals surface area contributed by atoms with Crippen molar-refractivity contribution in [2.45, 2.75) is 11.9 Å². The quantitative estimate of drug-likeness (QED) is 0.581. The third kappa shape index (κ3) is 5.11. The fourth-order valence-corrected chi connectivity index (χ4v) is 4.71. The van der Waals surface area contributed by atoms with E-state index in [4.69, 9.17) is 4.42 Å². The van der Waals surface area contributed by atoms with Gasteiger partial charge in [-0.1, -0.05) is 30.3 Å². The average Bonchev–Trinajstić information content (AvgIpc) is 3.45. The summed E-state index contributed by atoms with van der Waals surface area (Å²) < 4.78 is 5.40. The highest BCUT2D eigenvalue weighted by Crippen LogP contribution is 2.39. The number of hydrogen-bond acceptors (Lipinski definition) is 5. The Morgan fingerprint density at radius 1 is 1.13 bits per heavy atom. The highest BCUT2D eigenvalue weighted by atomic mass is 32.2. The van der Waals surface area contributed by atoms with E-state index in [2.05, 4.69) is 10.2 Å². The Morgan fingerprint density at radius 2 is 1.90 bits per heavy atom. The van der Waals surface area contributed by atoms with E-state index in [0.717, 1.165) is 23.6 Å². The van der Waals surface area contributed by atoms with Crippen LogP contribution in [0.25, 0.3) is 0 Å². The molecule has 0 spiro atoms. The van der Waals surface area contributed by atoms with Crippen molar-refractivity contribution in [3.63, 3.8) is 0 Å². The van der Waals surface area contributed by atoms with Crippen LogP contribution in [0.15, 0.2) is 77.4 Å². The predicted molar refractivity (Wildman–Crippen MR) is 123 cm³/mol. The largest absolute Gasteiger partial charge is 0.467 e. The van der Waals surface area contributed by atoms with Gasteiger partial charge in [-0.15, -0.1) is 11.8 Å². The first kappa shape index (κ1) is 21.1. The summed E-state index contributed by atoms with van der Waals surface area (Å²) in [5.41, 5.74) is 2.73. The molecule has 0 radical (unpaired) electrons. The summed E-state index contributed by atoms with van der Waals surface area (Å²) >= 11 is 1.59. The standard InChI is InChI=1S/C24H25N3O3S/c1-26(20-6-3-2-4-7-20)14-13-25-23(29)18-9-11-19(12-10-18)24-27(22(28)17-31-24)16-21-8-5-15-30-21/h2-12,15,24H,13-14,16-17H2,1H3,(H,25,29). The molecular formula is C24H25N3O3S. The summed E-state index contributed by atoms with van der Waals surface area (Å²) in [5.74, 6) is 1.20. The first-order valence-corrected chi connectivity index (χ1v) is 11.2. The van der Waals surface area contributed by atoms with Crippen molar-refractivity contribution in [3.8, 4) is 0 Å². The molecule has 1 atom stereocenters. The lowest BCUT2D eigenvalue weighted by molar-refractivity contribution is -0.128. The van der Waals surface area contributed by atoms with Gasteiger partial charge in [-0.3, -0.25) is 9.59 Å². The van der Waals surface area contributed by atoms with Gasteiger partial charge in [0.05, 0.1) is 18.6 Å². The minimum Gasteiger partial charge on any atom is -0.467 e. The van der Waals surface area contributed by atoms with E-state index in [1.807, 2.05) is 78.7 Å². The second-order valence-corrected chi connectivity index (χ2v) is 8.47. The van der Waals surface area contributed by atoms with E-state index in [0.29, 0.717) is 24.4 Å². The van der Waals surface area contributed by atoms with Gasteiger partial charge in [-0.05, 0) is 42.0 Å². The number of anilines is 1. The lowest BCUT2D eigenvalue weighted by Crippen LogP contribution is -2.33. The molecule has 2 heterocycles. The summed E-state index contributed by atoms with van der Waals surface area (Å²) in [6.07, 6.45) is 1.61. The normalized spacial score (nSPS) is 15.8. The van der Waals surface area contributed by atoms with Crippen LogP contribution in [0.5, 0.6) is 0 Å². The fraction of sp³-hybridized carbons (Fsp3) is 0.250. The van der Waals surface area contributed by atoms with Gasteiger partial charge in [-0.25, -0.2) is 0 Å². The third-order valence-electron chi connectivity index (χ3n) is 5.26. The van der Waals surface area contributed by atoms with Crippen LogP contribution in [0.1, 0.15) is 27.1 Å². The van der Waals surface area contributed by atoms with Crippen molar-refractivity contribution >= 4 is 29.3 Å². The highest BCUT2D eigenvalue weighted by Gasteiger charge is 2.33. The maximum atomic E-state index is 12.5. The molecule has 1 aliphatic heterocycles. The Balaban J connectivity index is 1.33. The zero-order chi connectivity index (χ0) is 21.6. The first-order valence-electron chi connectivity index (χ1n) is 10.2. The second kappa shape index (κ2) is 9.75. The molecule has 1 fully saturated rings. The molecule has 0 saturated carbocycles. The van der Waals surface area contributed by atoms with E-state index >= 15 is 0 Å². The monoisotopic (exact) mass is 435 g/mol. The van der Waals surface area contributed by atoms with Gasteiger partial charge in [-0.2, -0.15) is 0 Å². The van der Waals surface area contributed by atoms with Crippen molar-refractivity contribution in [3.05, 3.63) is 89.9 Å². The van der Waals surface area contributed by atoms with Crippen LogP contribution in [-0.4, -0.2) is 42.6 Å². The Kier molecular flexibility index (Phi) is 6.62. The zero-order valence-corrected chi connectivity index (χ0v) is 18.2. The molecule has 0 aliphatic carbocycles. The molecule has 160 valence electrons. The number of amides is 2. The number of likely N-dealkylation sites (N-methyl/N-ethyl adjacent to an activating group) is 1. The fourth-order valence-electron chi connectivity index (χ4n) is 3.52. The van der Waals surface area contributed by atoms with Crippen LogP contribution >= 0.6 is 11.8 Å². The number of rotatable bonds is 8. The van der Waals surface area contributed by atoms with Crippen molar-refractivity contribution in [2.75, 3.05) is 30.8 Å². The number of hydrogen-bond donors (Lipinski definition) is 1. The molecule has 0 bridgehead atoms. The number of carbonyl (C=O) groups is 2. The second-order valence-electron chi connectivity index (χ2n) is 7.40. The predicted octanol–water partition coefficient (Wildman–Crippen LogP) is 3.92. The lowest BCUT2D eigenvalue weighted by Gasteiger charge is -2.23. The van der Waals surface area contributed by atoms with E-state index in [1.54, 1.807) is 18.0 Å². The molecule has 6 nitrogen and oxygen atoms in total. The van der Waals surface area contributed by atoms with E-state index < -0.39 is 0 Å². The van der Waals surface area contributed by atoms with Crippen molar-refractivity contribution < 1.29 is 14.0 Å². The number of furan rings is 1. The molecule has 31 heavy (non-hydrogen) atoms. The topological polar surface area (TPSA) is 65.8 Å². The maximum Gasteiger partial charge on any atom is 0.251 e. The number of thioether (sulfide) groups is 1. The molecule has 1 unspecified atom stereocenters. The van der Waals surface area contributed by atoms with Gasteiger partial charge in [0.2, 0.25) is 5.91 Å². The van der Waals surface area contributed by atoms with Gasteiger partial charge in [0, 0.05) is 31.4 Å². The number of carbonyl (C=O) groups excluding carboxylic acids is 2. The third-order valence-corrected chi connectivity index (χ3v) is 6.52. The Morgan fingerprint density at radius 3 is 2.61 bits per heavy atom. The van der Waals surface area contributed by atoms with Crippen LogP contribution < -0.4 is 10.2 Å². The van der Waals surface area contributed by atoms with Crippen molar-refractivity contribution in [1.82, 2.24) is 10.2 Å². The Hall–Kier alpha value is -3.19. The zero-order valence-electron chi connectivity index (χ0n) is 17.4. The summed E-state index contributed by atoms with van der Waals surface area (Å²) in [6, 6.07) is 21.3. The van der Waals surface area contributed by atoms with Crippen molar-refractivity contribution in [2.24, 2.45) is 0 Å². The molecule has 7 heteroatoms. The van der Waals surface area contributed by atoms with Gasteiger partial charge in [0.25, 0.3) is 5.91 Å². The number of para-hydroxylation sites is 1. The van der Waals surface area contributed by atoms with E-state index in [1.165, 1.54) is 0 Å². The number of benzene rings is 2. The van der Waals surface area contributed by atoms with Crippen LogP contribution in [0.3, 0.4) is 0 Å². The van der Waals surface area contributed by atoms with Crippen LogP contribution in [-0.2, 0) is 11.3 Å². The maximum absolute atomic E-state index is 12.5. The first-order chi connectivity index (χ1) is 15.1. The molecule has 1 aliphatic rings. The minimum atomic E-state index is -0.101. The highest BCUT2D eigenvalue weighted by molar-refractivity contribution is 8.00. The molecule has 1 aromatic heterocycles. The van der Waals surface area contributed by atoms with Crippen LogP contribution in [0.2, 0.25) is 0 Å². The summed E-state index contributed by atoms with van der Waals surface area (Å²) in [5, 5.41) is 2.90.